The molecule has 2 nitrogen and oxygen atoms in total. The first-order valence-electron chi connectivity index (χ1n) is 6.39. The molecule has 0 aromatic heterocycles. The quantitative estimate of drug-likeness (QED) is 0.701. The molecule has 3 rings (SSSR count). The molecule has 0 saturated heterocycles. The van der Waals surface area contributed by atoms with E-state index < -0.39 is 23.4 Å². The van der Waals surface area contributed by atoms with Gasteiger partial charge in [0.15, 0.2) is 17.5 Å². The molecule has 0 fully saturated rings. The molecular formula is C17H9F3O2. The first-order valence-corrected chi connectivity index (χ1v) is 6.39. The van der Waals surface area contributed by atoms with E-state index in [1.165, 1.54) is 6.07 Å². The maximum absolute atomic E-state index is 13.4. The average Bonchev–Trinajstić information content (AvgIpc) is 2.50. The Balaban J connectivity index is 2.36. The maximum atomic E-state index is 13.4. The van der Waals surface area contributed by atoms with Crippen molar-refractivity contribution in [3.8, 4) is 11.1 Å². The van der Waals surface area contributed by atoms with E-state index in [1.54, 1.807) is 30.3 Å². The first-order chi connectivity index (χ1) is 10.5. The lowest BCUT2D eigenvalue weighted by atomic mass is 9.94. The van der Waals surface area contributed by atoms with Crippen LogP contribution in [0.2, 0.25) is 0 Å². The minimum Gasteiger partial charge on any atom is -0.478 e. The smallest absolute Gasteiger partial charge is 0.336 e. The van der Waals surface area contributed by atoms with Gasteiger partial charge >= 0.3 is 5.97 Å². The number of fused-ring (bicyclic) bond motifs is 1. The lowest BCUT2D eigenvalue weighted by molar-refractivity contribution is 0.0700. The van der Waals surface area contributed by atoms with Gasteiger partial charge in [-0.25, -0.2) is 18.0 Å². The molecule has 0 unspecified atom stereocenters. The van der Waals surface area contributed by atoms with E-state index >= 15 is 0 Å². The molecular weight excluding hydrogens is 293 g/mol. The SMILES string of the molecule is O=C(O)c1c(-c2cc(F)c(F)c(F)c2)ccc2ccccc12. The van der Waals surface area contributed by atoms with Gasteiger partial charge in [-0.3, -0.25) is 0 Å². The summed E-state index contributed by atoms with van der Waals surface area (Å²) in [5.41, 5.74) is 0.0204. The number of aromatic carboxylic acids is 1. The van der Waals surface area contributed by atoms with Gasteiger partial charge < -0.3 is 5.11 Å². The molecule has 0 aliphatic heterocycles. The Morgan fingerprint density at radius 2 is 1.55 bits per heavy atom. The molecule has 110 valence electrons. The van der Waals surface area contributed by atoms with Gasteiger partial charge in [-0.2, -0.15) is 0 Å². The monoisotopic (exact) mass is 302 g/mol. The van der Waals surface area contributed by atoms with Gasteiger partial charge in [-0.15, -0.1) is 0 Å². The summed E-state index contributed by atoms with van der Waals surface area (Å²) in [6, 6.07) is 11.4. The van der Waals surface area contributed by atoms with E-state index in [0.29, 0.717) is 10.8 Å². The van der Waals surface area contributed by atoms with Crippen molar-refractivity contribution >= 4 is 16.7 Å². The molecule has 0 amide bonds. The Morgan fingerprint density at radius 1 is 0.909 bits per heavy atom. The van der Waals surface area contributed by atoms with Crippen molar-refractivity contribution in [1.29, 1.82) is 0 Å². The van der Waals surface area contributed by atoms with E-state index in [4.69, 9.17) is 0 Å². The number of rotatable bonds is 2. The summed E-state index contributed by atoms with van der Waals surface area (Å²) in [7, 11) is 0. The van der Waals surface area contributed by atoms with Crippen molar-refractivity contribution in [2.75, 3.05) is 0 Å². The summed E-state index contributed by atoms with van der Waals surface area (Å²) in [4.78, 5) is 11.6. The van der Waals surface area contributed by atoms with Crippen LogP contribution in [0.15, 0.2) is 48.5 Å². The minimum absolute atomic E-state index is 0.0282. The molecule has 0 radical (unpaired) electrons. The number of carboxylic acids is 1. The third-order valence-corrected chi connectivity index (χ3v) is 3.44. The molecule has 0 heterocycles. The van der Waals surface area contributed by atoms with Crippen LogP contribution in [0, 0.1) is 17.5 Å². The molecule has 0 aliphatic rings. The van der Waals surface area contributed by atoms with Gasteiger partial charge in [0.1, 0.15) is 0 Å². The van der Waals surface area contributed by atoms with Crippen LogP contribution in [0.3, 0.4) is 0 Å². The molecule has 3 aromatic rings. The Hall–Kier alpha value is -2.82. The standard InChI is InChI=1S/C17H9F3O2/c18-13-7-10(8-14(19)16(13)20)12-6-5-9-3-1-2-4-11(9)15(12)17(21)22/h1-8H,(H,21,22). The van der Waals surface area contributed by atoms with Gasteiger partial charge in [0.2, 0.25) is 0 Å². The third kappa shape index (κ3) is 2.20. The van der Waals surface area contributed by atoms with Crippen LogP contribution < -0.4 is 0 Å². The van der Waals surface area contributed by atoms with Gasteiger partial charge in [0.25, 0.3) is 0 Å². The molecule has 3 aromatic carbocycles. The van der Waals surface area contributed by atoms with Crippen molar-refractivity contribution in [1.82, 2.24) is 0 Å². The van der Waals surface area contributed by atoms with Crippen molar-refractivity contribution in [2.45, 2.75) is 0 Å². The fourth-order valence-corrected chi connectivity index (χ4v) is 2.45. The van der Waals surface area contributed by atoms with Gasteiger partial charge in [0.05, 0.1) is 5.56 Å². The summed E-state index contributed by atoms with van der Waals surface area (Å²) in [6.07, 6.45) is 0. The molecule has 0 bridgehead atoms. The zero-order valence-electron chi connectivity index (χ0n) is 11.1. The number of carboxylic acid groups (broad SMARTS) is 1. The van der Waals surface area contributed by atoms with Crippen LogP contribution in [-0.2, 0) is 0 Å². The van der Waals surface area contributed by atoms with Crippen LogP contribution in [0.25, 0.3) is 21.9 Å². The van der Waals surface area contributed by atoms with Crippen LogP contribution in [0.1, 0.15) is 10.4 Å². The molecule has 22 heavy (non-hydrogen) atoms. The lowest BCUT2D eigenvalue weighted by Gasteiger charge is -2.11. The number of benzene rings is 3. The molecule has 0 aliphatic carbocycles. The predicted molar refractivity (Wildman–Crippen MR) is 76.2 cm³/mol. The fourth-order valence-electron chi connectivity index (χ4n) is 2.45. The van der Waals surface area contributed by atoms with E-state index in [9.17, 15) is 23.1 Å². The maximum Gasteiger partial charge on any atom is 0.336 e. The van der Waals surface area contributed by atoms with Crippen LogP contribution in [0.5, 0.6) is 0 Å². The Morgan fingerprint density at radius 3 is 2.18 bits per heavy atom. The van der Waals surface area contributed by atoms with Crippen LogP contribution in [0.4, 0.5) is 13.2 Å². The molecule has 5 heteroatoms. The third-order valence-electron chi connectivity index (χ3n) is 3.44. The van der Waals surface area contributed by atoms with Crippen molar-refractivity contribution in [3.63, 3.8) is 0 Å². The second-order valence-corrected chi connectivity index (χ2v) is 4.77. The minimum atomic E-state index is -1.58. The van der Waals surface area contributed by atoms with Crippen molar-refractivity contribution < 1.29 is 23.1 Å². The largest absolute Gasteiger partial charge is 0.478 e. The number of hydrogen-bond donors (Lipinski definition) is 1. The topological polar surface area (TPSA) is 37.3 Å². The normalized spacial score (nSPS) is 10.9. The van der Waals surface area contributed by atoms with Crippen LogP contribution in [-0.4, -0.2) is 11.1 Å². The van der Waals surface area contributed by atoms with Gasteiger partial charge in [0, 0.05) is 0 Å². The Bertz CT molecular complexity index is 881. The van der Waals surface area contributed by atoms with Crippen molar-refractivity contribution in [3.05, 3.63) is 71.5 Å². The summed E-state index contributed by atoms with van der Waals surface area (Å²) in [6.45, 7) is 0. The highest BCUT2D eigenvalue weighted by atomic mass is 19.2. The van der Waals surface area contributed by atoms with E-state index in [-0.39, 0.29) is 16.7 Å². The van der Waals surface area contributed by atoms with Gasteiger partial charge in [-0.05, 0) is 34.0 Å². The summed E-state index contributed by atoms with van der Waals surface area (Å²) >= 11 is 0. The highest BCUT2D eigenvalue weighted by Gasteiger charge is 2.18. The predicted octanol–water partition coefficient (Wildman–Crippen LogP) is 4.62. The van der Waals surface area contributed by atoms with E-state index in [2.05, 4.69) is 0 Å². The van der Waals surface area contributed by atoms with E-state index in [0.717, 1.165) is 12.1 Å². The summed E-state index contributed by atoms with van der Waals surface area (Å²) in [5, 5.41) is 10.6. The number of hydrogen-bond acceptors (Lipinski definition) is 1. The van der Waals surface area contributed by atoms with Crippen LogP contribution >= 0.6 is 0 Å². The molecule has 0 saturated carbocycles. The lowest BCUT2D eigenvalue weighted by Crippen LogP contribution is -2.02. The average molecular weight is 302 g/mol. The zero-order chi connectivity index (χ0) is 15.9. The number of carbonyl (C=O) groups is 1. The van der Waals surface area contributed by atoms with Gasteiger partial charge in [-0.1, -0.05) is 36.4 Å². The molecule has 1 N–H and O–H groups in total. The number of halogens is 3. The fraction of sp³-hybridized carbons (Fsp3) is 0. The Kier molecular flexibility index (Phi) is 3.33. The van der Waals surface area contributed by atoms with E-state index in [1.807, 2.05) is 0 Å². The van der Waals surface area contributed by atoms with Crippen molar-refractivity contribution in [2.24, 2.45) is 0 Å². The second-order valence-electron chi connectivity index (χ2n) is 4.77. The summed E-state index contributed by atoms with van der Waals surface area (Å²) < 4.78 is 39.9. The molecule has 0 atom stereocenters. The summed E-state index contributed by atoms with van der Waals surface area (Å²) in [5.74, 6) is -5.53. The first kappa shape index (κ1) is 14.1. The highest BCUT2D eigenvalue weighted by Crippen LogP contribution is 2.32. The highest BCUT2D eigenvalue weighted by molar-refractivity contribution is 6.09. The Labute approximate surface area is 123 Å². The molecule has 0 spiro atoms. The zero-order valence-corrected chi connectivity index (χ0v) is 11.1. The second kappa shape index (κ2) is 5.18.